The van der Waals surface area contributed by atoms with Crippen molar-refractivity contribution in [2.24, 2.45) is 0 Å². The Morgan fingerprint density at radius 1 is 1.12 bits per heavy atom. The van der Waals surface area contributed by atoms with E-state index in [2.05, 4.69) is 15.9 Å². The molecule has 24 heavy (non-hydrogen) atoms. The van der Waals surface area contributed by atoms with Crippen LogP contribution in [0.5, 0.6) is 11.5 Å². The average molecular weight is 410 g/mol. The fourth-order valence-electron chi connectivity index (χ4n) is 2.66. The molecule has 1 aromatic heterocycles. The van der Waals surface area contributed by atoms with E-state index in [0.29, 0.717) is 38.6 Å². The number of ether oxygens (including phenoxy) is 2. The third-order valence-corrected chi connectivity index (χ3v) is 4.58. The van der Waals surface area contributed by atoms with E-state index in [0.717, 1.165) is 10.9 Å². The van der Waals surface area contributed by atoms with Crippen molar-refractivity contribution in [1.82, 2.24) is 0 Å². The summed E-state index contributed by atoms with van der Waals surface area (Å²) in [5.74, 6) is 1.15. The predicted molar refractivity (Wildman–Crippen MR) is 98.7 cm³/mol. The van der Waals surface area contributed by atoms with E-state index in [1.165, 1.54) is 7.11 Å². The smallest absolute Gasteiger partial charge is 0.344 e. The van der Waals surface area contributed by atoms with Gasteiger partial charge in [-0.25, -0.2) is 4.79 Å². The van der Waals surface area contributed by atoms with Gasteiger partial charge in [-0.2, -0.15) is 0 Å². The summed E-state index contributed by atoms with van der Waals surface area (Å²) in [5.41, 5.74) is 1.96. The van der Waals surface area contributed by atoms with Crippen LogP contribution < -0.4 is 15.1 Å². The lowest BCUT2D eigenvalue weighted by Gasteiger charge is -2.13. The molecule has 0 spiro atoms. The van der Waals surface area contributed by atoms with Gasteiger partial charge in [0.25, 0.3) is 0 Å². The minimum absolute atomic E-state index is 0.439. The van der Waals surface area contributed by atoms with Crippen molar-refractivity contribution < 1.29 is 13.9 Å². The number of alkyl halides is 1. The summed E-state index contributed by atoms with van der Waals surface area (Å²) < 4.78 is 16.1. The van der Waals surface area contributed by atoms with Gasteiger partial charge in [0.05, 0.1) is 19.8 Å². The molecule has 1 heterocycles. The quantitative estimate of drug-likeness (QED) is 0.448. The molecule has 0 amide bonds. The lowest BCUT2D eigenvalue weighted by Crippen LogP contribution is -2.08. The highest BCUT2D eigenvalue weighted by Crippen LogP contribution is 2.36. The van der Waals surface area contributed by atoms with E-state index >= 15 is 0 Å². The number of fused-ring (bicyclic) bond motifs is 1. The Hall–Kier alpha value is -1.98. The number of hydrogen-bond donors (Lipinski definition) is 0. The minimum atomic E-state index is -0.439. The standard InChI is InChI=1S/C18H14BrClO4/c1-22-11-4-6-12-14(9-19)17(18(21)24-16(12)8-11)13-5-3-10(20)7-15(13)23-2/h3-8H,9H2,1-2H3. The predicted octanol–water partition coefficient (Wildman–Crippen LogP) is 5.03. The average Bonchev–Trinajstić information content (AvgIpc) is 2.60. The normalized spacial score (nSPS) is 10.8. The molecular weight excluding hydrogens is 396 g/mol. The largest absolute Gasteiger partial charge is 0.497 e. The van der Waals surface area contributed by atoms with Gasteiger partial charge in [0.2, 0.25) is 0 Å². The van der Waals surface area contributed by atoms with E-state index in [1.54, 1.807) is 31.4 Å². The van der Waals surface area contributed by atoms with Crippen molar-refractivity contribution >= 4 is 38.5 Å². The molecule has 3 rings (SSSR count). The summed E-state index contributed by atoms with van der Waals surface area (Å²) in [4.78, 5) is 12.6. The zero-order chi connectivity index (χ0) is 17.3. The van der Waals surface area contributed by atoms with Gasteiger partial charge in [-0.1, -0.05) is 27.5 Å². The Bertz CT molecular complexity index is 965. The molecule has 0 radical (unpaired) electrons. The summed E-state index contributed by atoms with van der Waals surface area (Å²) in [5, 5.41) is 1.85. The third kappa shape index (κ3) is 2.89. The zero-order valence-corrected chi connectivity index (χ0v) is 15.4. The first-order valence-corrected chi connectivity index (χ1v) is 8.62. The summed E-state index contributed by atoms with van der Waals surface area (Å²) in [6.45, 7) is 0. The molecule has 0 fully saturated rings. The maximum absolute atomic E-state index is 12.6. The van der Waals surface area contributed by atoms with Crippen LogP contribution in [0.4, 0.5) is 0 Å². The second kappa shape index (κ2) is 6.87. The van der Waals surface area contributed by atoms with Gasteiger partial charge in [0.1, 0.15) is 17.1 Å². The van der Waals surface area contributed by atoms with Crippen LogP contribution in [0.1, 0.15) is 5.56 Å². The molecular formula is C18H14BrClO4. The summed E-state index contributed by atoms with van der Waals surface area (Å²) in [7, 11) is 3.11. The van der Waals surface area contributed by atoms with Gasteiger partial charge in [0, 0.05) is 27.4 Å². The molecule has 0 saturated heterocycles. The van der Waals surface area contributed by atoms with Gasteiger partial charge in [-0.05, 0) is 35.9 Å². The first-order chi connectivity index (χ1) is 11.6. The maximum Gasteiger partial charge on any atom is 0.344 e. The van der Waals surface area contributed by atoms with Crippen LogP contribution in [0.3, 0.4) is 0 Å². The molecule has 2 aromatic carbocycles. The minimum Gasteiger partial charge on any atom is -0.497 e. The van der Waals surface area contributed by atoms with E-state index in [4.69, 9.17) is 25.5 Å². The highest BCUT2D eigenvalue weighted by atomic mass is 79.9. The van der Waals surface area contributed by atoms with Crippen LogP contribution in [0, 0.1) is 0 Å². The Morgan fingerprint density at radius 3 is 2.58 bits per heavy atom. The molecule has 0 unspecified atom stereocenters. The topological polar surface area (TPSA) is 48.7 Å². The monoisotopic (exact) mass is 408 g/mol. The van der Waals surface area contributed by atoms with Crippen molar-refractivity contribution in [3.05, 3.63) is 57.4 Å². The Labute approximate surface area is 152 Å². The SMILES string of the molecule is COc1ccc2c(CBr)c(-c3ccc(Cl)cc3OC)c(=O)oc2c1. The molecule has 6 heteroatoms. The Kier molecular flexibility index (Phi) is 4.83. The molecule has 0 atom stereocenters. The Balaban J connectivity index is 2.37. The van der Waals surface area contributed by atoms with Crippen molar-refractivity contribution in [2.45, 2.75) is 5.33 Å². The maximum atomic E-state index is 12.6. The van der Waals surface area contributed by atoms with Crippen molar-refractivity contribution in [1.29, 1.82) is 0 Å². The fraction of sp³-hybridized carbons (Fsp3) is 0.167. The van der Waals surface area contributed by atoms with E-state index in [9.17, 15) is 4.79 Å². The summed E-state index contributed by atoms with van der Waals surface area (Å²) >= 11 is 9.50. The lowest BCUT2D eigenvalue weighted by atomic mass is 9.99. The second-order valence-corrected chi connectivity index (χ2v) is 6.08. The van der Waals surface area contributed by atoms with Crippen LogP contribution in [0.25, 0.3) is 22.1 Å². The van der Waals surface area contributed by atoms with Gasteiger partial charge in [-0.3, -0.25) is 0 Å². The molecule has 0 aliphatic rings. The molecule has 0 aliphatic carbocycles. The summed E-state index contributed by atoms with van der Waals surface area (Å²) in [6.07, 6.45) is 0. The molecule has 0 aliphatic heterocycles. The fourth-order valence-corrected chi connectivity index (χ4v) is 3.40. The van der Waals surface area contributed by atoms with Gasteiger partial charge >= 0.3 is 5.63 Å². The van der Waals surface area contributed by atoms with Crippen LogP contribution in [-0.4, -0.2) is 14.2 Å². The van der Waals surface area contributed by atoms with Crippen molar-refractivity contribution in [3.63, 3.8) is 0 Å². The lowest BCUT2D eigenvalue weighted by molar-refractivity contribution is 0.413. The number of benzene rings is 2. The number of methoxy groups -OCH3 is 2. The summed E-state index contributed by atoms with van der Waals surface area (Å²) in [6, 6.07) is 10.6. The van der Waals surface area contributed by atoms with Crippen molar-refractivity contribution in [3.8, 4) is 22.6 Å². The van der Waals surface area contributed by atoms with Gasteiger partial charge in [0.15, 0.2) is 0 Å². The first kappa shape index (κ1) is 16.9. The number of rotatable bonds is 4. The van der Waals surface area contributed by atoms with Crippen molar-refractivity contribution in [2.75, 3.05) is 14.2 Å². The van der Waals surface area contributed by atoms with Gasteiger partial charge in [-0.15, -0.1) is 0 Å². The van der Waals surface area contributed by atoms with Gasteiger partial charge < -0.3 is 13.9 Å². The number of hydrogen-bond acceptors (Lipinski definition) is 4. The molecule has 3 aromatic rings. The van der Waals surface area contributed by atoms with Crippen LogP contribution in [-0.2, 0) is 5.33 Å². The van der Waals surface area contributed by atoms with Crippen LogP contribution in [0.2, 0.25) is 5.02 Å². The zero-order valence-electron chi connectivity index (χ0n) is 13.1. The highest BCUT2D eigenvalue weighted by Gasteiger charge is 2.19. The Morgan fingerprint density at radius 2 is 1.92 bits per heavy atom. The molecule has 0 bridgehead atoms. The third-order valence-electron chi connectivity index (χ3n) is 3.79. The van der Waals surface area contributed by atoms with E-state index in [1.807, 2.05) is 12.1 Å². The number of halogens is 2. The van der Waals surface area contributed by atoms with Crippen LogP contribution in [0.15, 0.2) is 45.6 Å². The first-order valence-electron chi connectivity index (χ1n) is 7.12. The molecule has 4 nitrogen and oxygen atoms in total. The van der Waals surface area contributed by atoms with Crippen LogP contribution >= 0.6 is 27.5 Å². The van der Waals surface area contributed by atoms with E-state index < -0.39 is 5.63 Å². The second-order valence-electron chi connectivity index (χ2n) is 5.08. The molecule has 0 saturated carbocycles. The van der Waals surface area contributed by atoms with E-state index in [-0.39, 0.29) is 0 Å². The highest BCUT2D eigenvalue weighted by molar-refractivity contribution is 9.08. The molecule has 0 N–H and O–H groups in total. The molecule has 124 valence electrons.